The molecule has 0 radical (unpaired) electrons. The number of benzene rings is 2. The van der Waals surface area contributed by atoms with Gasteiger partial charge in [-0.05, 0) is 42.3 Å². The summed E-state index contributed by atoms with van der Waals surface area (Å²) in [5.41, 5.74) is 2.42. The Morgan fingerprint density at radius 2 is 1.81 bits per heavy atom. The maximum absolute atomic E-state index is 12.2. The molecule has 110 valence electrons. The van der Waals surface area contributed by atoms with Crippen LogP contribution < -0.4 is 0 Å². The third-order valence-corrected chi connectivity index (χ3v) is 4.80. The highest BCUT2D eigenvalue weighted by Crippen LogP contribution is 2.21. The quantitative estimate of drug-likeness (QED) is 0.728. The number of hydrogen-bond donors (Lipinski definition) is 0. The minimum Gasteiger partial charge on any atom is -0.341 e. The first-order chi connectivity index (χ1) is 10.1. The average Bonchev–Trinajstić information content (AvgIpc) is 2.48. The standard InChI is InChI=1S/C17H18BrNOS/c1-13-5-3-4-6-14(13)11-19(2)17(20)12-21-16-9-7-15(18)8-10-16/h3-10H,11-12H2,1-2H3. The summed E-state index contributed by atoms with van der Waals surface area (Å²) in [4.78, 5) is 15.1. The van der Waals surface area contributed by atoms with Crippen LogP contribution in [0.15, 0.2) is 57.9 Å². The highest BCUT2D eigenvalue weighted by Gasteiger charge is 2.10. The van der Waals surface area contributed by atoms with Gasteiger partial charge in [0.15, 0.2) is 0 Å². The molecule has 0 aromatic heterocycles. The van der Waals surface area contributed by atoms with E-state index in [4.69, 9.17) is 0 Å². The second kappa shape index (κ2) is 7.66. The molecule has 0 heterocycles. The lowest BCUT2D eigenvalue weighted by Gasteiger charge is -2.18. The van der Waals surface area contributed by atoms with Crippen LogP contribution in [0.3, 0.4) is 0 Å². The number of carbonyl (C=O) groups excluding carboxylic acids is 1. The van der Waals surface area contributed by atoms with Crippen molar-refractivity contribution in [2.75, 3.05) is 12.8 Å². The van der Waals surface area contributed by atoms with E-state index in [1.165, 1.54) is 11.1 Å². The van der Waals surface area contributed by atoms with Crippen molar-refractivity contribution in [1.29, 1.82) is 0 Å². The number of thioether (sulfide) groups is 1. The molecule has 21 heavy (non-hydrogen) atoms. The molecule has 1 amide bonds. The Morgan fingerprint density at radius 1 is 1.14 bits per heavy atom. The maximum atomic E-state index is 12.2. The fourth-order valence-corrected chi connectivity index (χ4v) is 3.02. The monoisotopic (exact) mass is 363 g/mol. The Morgan fingerprint density at radius 3 is 2.48 bits per heavy atom. The van der Waals surface area contributed by atoms with Crippen LogP contribution in [0.1, 0.15) is 11.1 Å². The van der Waals surface area contributed by atoms with Crippen molar-refractivity contribution in [1.82, 2.24) is 4.90 Å². The van der Waals surface area contributed by atoms with Gasteiger partial charge in [-0.3, -0.25) is 4.79 Å². The Kier molecular flexibility index (Phi) is 5.88. The number of nitrogens with zero attached hydrogens (tertiary/aromatic N) is 1. The lowest BCUT2D eigenvalue weighted by atomic mass is 10.1. The van der Waals surface area contributed by atoms with Gasteiger partial charge in [0.2, 0.25) is 5.91 Å². The van der Waals surface area contributed by atoms with Crippen LogP contribution in [0.25, 0.3) is 0 Å². The lowest BCUT2D eigenvalue weighted by molar-refractivity contribution is -0.127. The topological polar surface area (TPSA) is 20.3 Å². The van der Waals surface area contributed by atoms with E-state index >= 15 is 0 Å². The largest absolute Gasteiger partial charge is 0.341 e. The van der Waals surface area contributed by atoms with E-state index < -0.39 is 0 Å². The van der Waals surface area contributed by atoms with Crippen LogP contribution in [0, 0.1) is 6.92 Å². The summed E-state index contributed by atoms with van der Waals surface area (Å²) in [6.45, 7) is 2.73. The fourth-order valence-electron chi connectivity index (χ4n) is 1.92. The molecule has 0 N–H and O–H groups in total. The lowest BCUT2D eigenvalue weighted by Crippen LogP contribution is -2.28. The van der Waals surface area contributed by atoms with Gasteiger partial charge >= 0.3 is 0 Å². The van der Waals surface area contributed by atoms with Gasteiger partial charge in [0.25, 0.3) is 0 Å². The van der Waals surface area contributed by atoms with E-state index in [0.29, 0.717) is 12.3 Å². The molecule has 2 nitrogen and oxygen atoms in total. The number of hydrogen-bond acceptors (Lipinski definition) is 2. The molecule has 0 unspecified atom stereocenters. The molecule has 0 fully saturated rings. The molecule has 2 rings (SSSR count). The summed E-state index contributed by atoms with van der Waals surface area (Å²) in [5, 5.41) is 0. The molecule has 0 aliphatic heterocycles. The van der Waals surface area contributed by atoms with Gasteiger partial charge in [0.1, 0.15) is 0 Å². The Hall–Kier alpha value is -1.26. The predicted octanol–water partition coefficient (Wildman–Crippen LogP) is 4.51. The van der Waals surface area contributed by atoms with Crippen molar-refractivity contribution in [2.45, 2.75) is 18.4 Å². The molecule has 0 saturated heterocycles. The van der Waals surface area contributed by atoms with E-state index in [1.807, 2.05) is 43.4 Å². The summed E-state index contributed by atoms with van der Waals surface area (Å²) < 4.78 is 1.05. The van der Waals surface area contributed by atoms with Gasteiger partial charge in [0.05, 0.1) is 5.75 Å². The van der Waals surface area contributed by atoms with Crippen molar-refractivity contribution in [2.24, 2.45) is 0 Å². The molecule has 0 saturated carbocycles. The Balaban J connectivity index is 1.88. The van der Waals surface area contributed by atoms with Crippen LogP contribution in [0.2, 0.25) is 0 Å². The highest BCUT2D eigenvalue weighted by atomic mass is 79.9. The molecule has 0 atom stereocenters. The Bertz CT molecular complexity index is 612. The van der Waals surface area contributed by atoms with Crippen LogP contribution >= 0.6 is 27.7 Å². The zero-order valence-corrected chi connectivity index (χ0v) is 14.6. The van der Waals surface area contributed by atoms with Gasteiger partial charge in [0, 0.05) is 23.0 Å². The normalized spacial score (nSPS) is 10.4. The van der Waals surface area contributed by atoms with Crippen molar-refractivity contribution in [3.63, 3.8) is 0 Å². The smallest absolute Gasteiger partial charge is 0.232 e. The summed E-state index contributed by atoms with van der Waals surface area (Å²) >= 11 is 4.98. The first kappa shape index (κ1) is 16.1. The zero-order chi connectivity index (χ0) is 15.2. The van der Waals surface area contributed by atoms with E-state index in [0.717, 1.165) is 9.37 Å². The highest BCUT2D eigenvalue weighted by molar-refractivity contribution is 9.10. The molecule has 0 bridgehead atoms. The molecule has 0 aliphatic carbocycles. The van der Waals surface area contributed by atoms with E-state index in [1.54, 1.807) is 16.7 Å². The van der Waals surface area contributed by atoms with Gasteiger partial charge in [-0.15, -0.1) is 11.8 Å². The molecule has 2 aromatic carbocycles. The van der Waals surface area contributed by atoms with Gasteiger partial charge < -0.3 is 4.90 Å². The molecular formula is C17H18BrNOS. The summed E-state index contributed by atoms with van der Waals surface area (Å²) in [6, 6.07) is 16.2. The minimum absolute atomic E-state index is 0.145. The summed E-state index contributed by atoms with van der Waals surface area (Å²) in [7, 11) is 1.86. The Labute approximate surface area is 138 Å². The van der Waals surface area contributed by atoms with E-state index in [-0.39, 0.29) is 5.91 Å². The van der Waals surface area contributed by atoms with Gasteiger partial charge in [-0.1, -0.05) is 40.2 Å². The molecule has 4 heteroatoms. The second-order valence-electron chi connectivity index (χ2n) is 4.92. The summed E-state index contributed by atoms with van der Waals surface area (Å²) in [6.07, 6.45) is 0. The number of carbonyl (C=O) groups is 1. The third-order valence-electron chi connectivity index (χ3n) is 3.27. The van der Waals surface area contributed by atoms with Crippen LogP contribution in [-0.2, 0) is 11.3 Å². The molecular weight excluding hydrogens is 346 g/mol. The molecule has 0 spiro atoms. The van der Waals surface area contributed by atoms with Crippen molar-refractivity contribution in [3.05, 3.63) is 64.1 Å². The van der Waals surface area contributed by atoms with Gasteiger partial charge in [-0.2, -0.15) is 0 Å². The third kappa shape index (κ3) is 4.90. The average molecular weight is 364 g/mol. The number of aryl methyl sites for hydroxylation is 1. The van der Waals surface area contributed by atoms with E-state index in [9.17, 15) is 4.79 Å². The molecule has 2 aromatic rings. The van der Waals surface area contributed by atoms with E-state index in [2.05, 4.69) is 35.0 Å². The number of halogens is 1. The van der Waals surface area contributed by atoms with Crippen molar-refractivity contribution < 1.29 is 4.79 Å². The zero-order valence-electron chi connectivity index (χ0n) is 12.2. The number of rotatable bonds is 5. The van der Waals surface area contributed by atoms with Crippen LogP contribution in [0.5, 0.6) is 0 Å². The predicted molar refractivity (Wildman–Crippen MR) is 92.5 cm³/mol. The maximum Gasteiger partial charge on any atom is 0.232 e. The molecule has 0 aliphatic rings. The van der Waals surface area contributed by atoms with Crippen LogP contribution in [-0.4, -0.2) is 23.6 Å². The number of amides is 1. The first-order valence-corrected chi connectivity index (χ1v) is 8.51. The van der Waals surface area contributed by atoms with Crippen molar-refractivity contribution >= 4 is 33.6 Å². The van der Waals surface area contributed by atoms with Gasteiger partial charge in [-0.25, -0.2) is 0 Å². The summed E-state index contributed by atoms with van der Waals surface area (Å²) in [5.74, 6) is 0.607. The second-order valence-corrected chi connectivity index (χ2v) is 6.88. The SMILES string of the molecule is Cc1ccccc1CN(C)C(=O)CSc1ccc(Br)cc1. The first-order valence-electron chi connectivity index (χ1n) is 6.73. The minimum atomic E-state index is 0.145. The van der Waals surface area contributed by atoms with Crippen molar-refractivity contribution in [3.8, 4) is 0 Å². The fraction of sp³-hybridized carbons (Fsp3) is 0.235. The van der Waals surface area contributed by atoms with Crippen LogP contribution in [0.4, 0.5) is 0 Å².